The molecule has 1 saturated carbocycles. The average Bonchev–Trinajstić information content (AvgIpc) is 2.87. The monoisotopic (exact) mass is 497 g/mol. The van der Waals surface area contributed by atoms with E-state index in [0.29, 0.717) is 46.0 Å². The molecule has 3 aliphatic rings. The Hall–Kier alpha value is -3.29. The van der Waals surface area contributed by atoms with Crippen molar-refractivity contribution in [1.82, 2.24) is 5.32 Å². The van der Waals surface area contributed by atoms with Crippen LogP contribution >= 0.6 is 0 Å². The average molecular weight is 498 g/mol. The predicted octanol–water partition coefficient (Wildman–Crippen LogP) is 4.19. The Labute approximate surface area is 212 Å². The van der Waals surface area contributed by atoms with Gasteiger partial charge in [0.05, 0.1) is 32.8 Å². The fourth-order valence-electron chi connectivity index (χ4n) is 5.72. The van der Waals surface area contributed by atoms with Gasteiger partial charge in [0.2, 0.25) is 0 Å². The third kappa shape index (κ3) is 4.73. The molecule has 3 atom stereocenters. The number of allylic oxidation sites excluding steroid dienone is 3. The Bertz CT molecular complexity index is 1110. The molecule has 4 rings (SSSR count). The summed E-state index contributed by atoms with van der Waals surface area (Å²) in [7, 11) is 4.38. The van der Waals surface area contributed by atoms with E-state index < -0.39 is 23.8 Å². The first-order valence-corrected chi connectivity index (χ1v) is 12.6. The highest BCUT2D eigenvalue weighted by molar-refractivity contribution is 6.12. The van der Waals surface area contributed by atoms with Crippen LogP contribution in [-0.2, 0) is 23.9 Å². The Kier molecular flexibility index (Phi) is 7.71. The van der Waals surface area contributed by atoms with E-state index in [1.165, 1.54) is 14.2 Å². The molecule has 1 N–H and O–H groups in total. The summed E-state index contributed by atoms with van der Waals surface area (Å²) in [5.41, 5.74) is 2.72. The van der Waals surface area contributed by atoms with Gasteiger partial charge >= 0.3 is 11.9 Å². The Morgan fingerprint density at radius 3 is 2.39 bits per heavy atom. The molecule has 0 radical (unpaired) electrons. The number of ketones is 1. The molecule has 1 heterocycles. The molecular formula is C28H35NO7. The van der Waals surface area contributed by atoms with E-state index >= 15 is 0 Å². The molecule has 8 heteroatoms. The Morgan fingerprint density at radius 2 is 1.75 bits per heavy atom. The summed E-state index contributed by atoms with van der Waals surface area (Å²) in [5.74, 6) is -2.27. The first-order chi connectivity index (χ1) is 17.3. The van der Waals surface area contributed by atoms with Crippen molar-refractivity contribution in [2.75, 3.05) is 21.3 Å². The number of Topliss-reactive ketones (excluding diaryl/α,β-unsaturated/α-hetero) is 1. The van der Waals surface area contributed by atoms with E-state index in [2.05, 4.69) is 5.32 Å². The van der Waals surface area contributed by atoms with Crippen LogP contribution in [0, 0.1) is 11.8 Å². The summed E-state index contributed by atoms with van der Waals surface area (Å²) < 4.78 is 22.0. The first kappa shape index (κ1) is 25.8. The molecule has 2 aliphatic carbocycles. The molecule has 0 amide bonds. The topological polar surface area (TPSA) is 100 Å². The smallest absolute Gasteiger partial charge is 0.337 e. The highest BCUT2D eigenvalue weighted by Gasteiger charge is 2.48. The third-order valence-electron chi connectivity index (χ3n) is 7.54. The lowest BCUT2D eigenvalue weighted by molar-refractivity contribution is -0.151. The second-order valence-electron chi connectivity index (χ2n) is 9.81. The molecule has 0 saturated heterocycles. The van der Waals surface area contributed by atoms with Crippen LogP contribution in [0.25, 0.3) is 0 Å². The van der Waals surface area contributed by atoms with Crippen LogP contribution in [0.15, 0.2) is 40.7 Å². The third-order valence-corrected chi connectivity index (χ3v) is 7.54. The minimum absolute atomic E-state index is 0.148. The SMILES string of the molecule is COC(=O)[C@@H]1C(=O)C2=C(C[C@H]1C)NC(C)=C(C(=O)OC1CCCCC1)[C@@H]2c1ccc(OC)cc1OC. The molecule has 1 aliphatic heterocycles. The van der Waals surface area contributed by atoms with Crippen LogP contribution in [0.3, 0.4) is 0 Å². The minimum atomic E-state index is -0.948. The van der Waals surface area contributed by atoms with Gasteiger partial charge in [-0.25, -0.2) is 4.79 Å². The maximum atomic E-state index is 13.9. The van der Waals surface area contributed by atoms with Crippen LogP contribution in [0.5, 0.6) is 11.5 Å². The number of dihydropyridines is 1. The zero-order valence-corrected chi connectivity index (χ0v) is 21.6. The van der Waals surface area contributed by atoms with Crippen LogP contribution < -0.4 is 14.8 Å². The number of esters is 2. The quantitative estimate of drug-likeness (QED) is 0.461. The highest BCUT2D eigenvalue weighted by Crippen LogP contribution is 2.48. The molecule has 8 nitrogen and oxygen atoms in total. The molecule has 36 heavy (non-hydrogen) atoms. The van der Waals surface area contributed by atoms with E-state index in [1.54, 1.807) is 25.3 Å². The number of hydrogen-bond acceptors (Lipinski definition) is 8. The first-order valence-electron chi connectivity index (χ1n) is 12.6. The van der Waals surface area contributed by atoms with Crippen molar-refractivity contribution in [3.63, 3.8) is 0 Å². The van der Waals surface area contributed by atoms with Crippen molar-refractivity contribution in [2.45, 2.75) is 64.4 Å². The van der Waals surface area contributed by atoms with Gasteiger partial charge in [0, 0.05) is 28.6 Å². The molecule has 0 aromatic heterocycles. The molecule has 0 spiro atoms. The fourth-order valence-corrected chi connectivity index (χ4v) is 5.72. The predicted molar refractivity (Wildman–Crippen MR) is 132 cm³/mol. The van der Waals surface area contributed by atoms with Gasteiger partial charge in [-0.05, 0) is 51.0 Å². The molecule has 0 unspecified atom stereocenters. The van der Waals surface area contributed by atoms with E-state index in [-0.39, 0.29) is 17.8 Å². The van der Waals surface area contributed by atoms with Gasteiger partial charge in [0.15, 0.2) is 5.78 Å². The summed E-state index contributed by atoms with van der Waals surface area (Å²) in [6.07, 6.45) is 5.17. The fraction of sp³-hybridized carbons (Fsp3) is 0.536. The van der Waals surface area contributed by atoms with Gasteiger partial charge < -0.3 is 24.3 Å². The zero-order chi connectivity index (χ0) is 26.0. The van der Waals surface area contributed by atoms with Crippen LogP contribution in [-0.4, -0.2) is 45.2 Å². The number of ether oxygens (including phenoxy) is 4. The molecule has 1 aromatic carbocycles. The summed E-state index contributed by atoms with van der Waals surface area (Å²) in [6, 6.07) is 5.30. The number of methoxy groups -OCH3 is 3. The van der Waals surface area contributed by atoms with Crippen molar-refractivity contribution < 1.29 is 33.3 Å². The van der Waals surface area contributed by atoms with E-state index in [4.69, 9.17) is 18.9 Å². The summed E-state index contributed by atoms with van der Waals surface area (Å²) in [4.78, 5) is 40.2. The van der Waals surface area contributed by atoms with Crippen molar-refractivity contribution in [3.05, 3.63) is 46.3 Å². The number of nitrogens with one attached hydrogen (secondary N) is 1. The van der Waals surface area contributed by atoms with Crippen LogP contribution in [0.2, 0.25) is 0 Å². The Morgan fingerprint density at radius 1 is 1.03 bits per heavy atom. The van der Waals surface area contributed by atoms with Gasteiger partial charge in [-0.2, -0.15) is 0 Å². The van der Waals surface area contributed by atoms with Gasteiger partial charge in [-0.3, -0.25) is 9.59 Å². The maximum absolute atomic E-state index is 13.9. The standard InChI is InChI=1S/C28H35NO7/c1-15-13-20-25(26(30)22(15)27(31)35-5)24(19-12-11-18(33-3)14-21(19)34-4)23(16(2)29-20)28(32)36-17-9-7-6-8-10-17/h11-12,14-15,17,22,24,29H,6-10,13H2,1-5H3/t15-,22+,24+/m1/s1. The number of hydrogen-bond donors (Lipinski definition) is 1. The second kappa shape index (κ2) is 10.8. The number of benzene rings is 1. The summed E-state index contributed by atoms with van der Waals surface area (Å²) in [5, 5.41) is 3.30. The molecule has 1 aromatic rings. The van der Waals surface area contributed by atoms with Crippen molar-refractivity contribution in [2.24, 2.45) is 11.8 Å². The maximum Gasteiger partial charge on any atom is 0.337 e. The highest BCUT2D eigenvalue weighted by atomic mass is 16.5. The number of carbonyl (C=O) groups is 3. The van der Waals surface area contributed by atoms with Gasteiger partial charge in [0.25, 0.3) is 0 Å². The molecule has 194 valence electrons. The van der Waals surface area contributed by atoms with E-state index in [0.717, 1.165) is 32.1 Å². The van der Waals surface area contributed by atoms with Gasteiger partial charge in [0.1, 0.15) is 23.5 Å². The lowest BCUT2D eigenvalue weighted by atomic mass is 9.69. The number of rotatable bonds is 6. The zero-order valence-electron chi connectivity index (χ0n) is 21.6. The van der Waals surface area contributed by atoms with Crippen LogP contribution in [0.4, 0.5) is 0 Å². The minimum Gasteiger partial charge on any atom is -0.497 e. The van der Waals surface area contributed by atoms with Crippen molar-refractivity contribution in [1.29, 1.82) is 0 Å². The lowest BCUT2D eigenvalue weighted by Crippen LogP contribution is -2.43. The molecule has 0 bridgehead atoms. The second-order valence-corrected chi connectivity index (χ2v) is 9.81. The number of carbonyl (C=O) groups excluding carboxylic acids is 3. The van der Waals surface area contributed by atoms with Gasteiger partial charge in [-0.1, -0.05) is 19.4 Å². The summed E-state index contributed by atoms with van der Waals surface area (Å²) in [6.45, 7) is 3.69. The normalized spacial score (nSPS) is 24.6. The van der Waals surface area contributed by atoms with Crippen molar-refractivity contribution in [3.8, 4) is 11.5 Å². The molecular weight excluding hydrogens is 462 g/mol. The van der Waals surface area contributed by atoms with Crippen molar-refractivity contribution >= 4 is 17.7 Å². The Balaban J connectivity index is 1.84. The van der Waals surface area contributed by atoms with E-state index in [9.17, 15) is 14.4 Å². The molecule has 1 fully saturated rings. The van der Waals surface area contributed by atoms with E-state index in [1.807, 2.05) is 13.8 Å². The largest absolute Gasteiger partial charge is 0.497 e. The van der Waals surface area contributed by atoms with Crippen LogP contribution in [0.1, 0.15) is 63.9 Å². The van der Waals surface area contributed by atoms with Gasteiger partial charge in [-0.15, -0.1) is 0 Å². The lowest BCUT2D eigenvalue weighted by Gasteiger charge is -2.39. The summed E-state index contributed by atoms with van der Waals surface area (Å²) >= 11 is 0.